The quantitative estimate of drug-likeness (QED) is 0.678. The van der Waals surface area contributed by atoms with Gasteiger partial charge in [-0.3, -0.25) is 0 Å². The summed E-state index contributed by atoms with van der Waals surface area (Å²) < 4.78 is 0. The summed E-state index contributed by atoms with van der Waals surface area (Å²) in [5.74, 6) is 2.57. The van der Waals surface area contributed by atoms with Gasteiger partial charge in [0.2, 0.25) is 0 Å². The Balaban J connectivity index is 2.46. The van der Waals surface area contributed by atoms with Gasteiger partial charge in [-0.1, -0.05) is 41.5 Å². The Morgan fingerprint density at radius 1 is 1.05 bits per heavy atom. The largest absolute Gasteiger partial charge is 0.316 e. The van der Waals surface area contributed by atoms with Crippen molar-refractivity contribution in [3.63, 3.8) is 0 Å². The van der Waals surface area contributed by atoms with Crippen molar-refractivity contribution in [1.29, 1.82) is 0 Å². The van der Waals surface area contributed by atoms with Gasteiger partial charge >= 0.3 is 0 Å². The highest BCUT2D eigenvalue weighted by molar-refractivity contribution is 4.85. The van der Waals surface area contributed by atoms with E-state index >= 15 is 0 Å². The third-order valence-electron chi connectivity index (χ3n) is 5.69. The van der Waals surface area contributed by atoms with Crippen LogP contribution in [0.3, 0.4) is 0 Å². The van der Waals surface area contributed by atoms with E-state index < -0.39 is 0 Å². The third-order valence-corrected chi connectivity index (χ3v) is 5.69. The van der Waals surface area contributed by atoms with Crippen molar-refractivity contribution in [3.8, 4) is 0 Å². The number of likely N-dealkylation sites (tertiary alicyclic amines) is 1. The summed E-state index contributed by atoms with van der Waals surface area (Å²) in [6.07, 6.45) is 5.39. The highest BCUT2D eigenvalue weighted by Crippen LogP contribution is 2.30. The van der Waals surface area contributed by atoms with Gasteiger partial charge in [-0.15, -0.1) is 0 Å². The molecular formula is C19H40N2. The van der Waals surface area contributed by atoms with Crippen molar-refractivity contribution in [2.24, 2.45) is 23.2 Å². The van der Waals surface area contributed by atoms with Gasteiger partial charge in [0.05, 0.1) is 0 Å². The summed E-state index contributed by atoms with van der Waals surface area (Å²) >= 11 is 0. The Labute approximate surface area is 134 Å². The molecular weight excluding hydrogens is 256 g/mol. The molecule has 0 aliphatic carbocycles. The van der Waals surface area contributed by atoms with Crippen molar-refractivity contribution in [2.45, 2.75) is 67.2 Å². The molecule has 1 rings (SSSR count). The van der Waals surface area contributed by atoms with Crippen molar-refractivity contribution in [3.05, 3.63) is 0 Å². The molecule has 0 spiro atoms. The van der Waals surface area contributed by atoms with E-state index in [9.17, 15) is 0 Å². The number of nitrogens with one attached hydrogen (secondary N) is 1. The van der Waals surface area contributed by atoms with Crippen LogP contribution in [-0.2, 0) is 0 Å². The van der Waals surface area contributed by atoms with Crippen LogP contribution in [0.4, 0.5) is 0 Å². The molecule has 126 valence electrons. The van der Waals surface area contributed by atoms with Crippen LogP contribution >= 0.6 is 0 Å². The van der Waals surface area contributed by atoms with Crippen LogP contribution < -0.4 is 5.32 Å². The minimum Gasteiger partial charge on any atom is -0.316 e. The second-order valence-electron chi connectivity index (χ2n) is 8.09. The van der Waals surface area contributed by atoms with E-state index in [-0.39, 0.29) is 0 Å². The maximum absolute atomic E-state index is 3.72. The van der Waals surface area contributed by atoms with Crippen LogP contribution in [0.15, 0.2) is 0 Å². The summed E-state index contributed by atoms with van der Waals surface area (Å²) in [7, 11) is 0. The first-order valence-corrected chi connectivity index (χ1v) is 9.35. The molecule has 0 amide bonds. The van der Waals surface area contributed by atoms with Crippen LogP contribution in [0.1, 0.15) is 67.2 Å². The SMILES string of the molecule is CCC(CC)(CNCC(C)C)CN1CCC(C(C)C)CC1. The maximum atomic E-state index is 3.72. The van der Waals surface area contributed by atoms with Gasteiger partial charge in [0.15, 0.2) is 0 Å². The zero-order valence-corrected chi connectivity index (χ0v) is 15.5. The summed E-state index contributed by atoms with van der Waals surface area (Å²) in [5, 5.41) is 3.72. The normalized spacial score (nSPS) is 18.9. The van der Waals surface area contributed by atoms with Crippen molar-refractivity contribution in [2.75, 3.05) is 32.7 Å². The lowest BCUT2D eigenvalue weighted by Gasteiger charge is -2.41. The number of hydrogen-bond donors (Lipinski definition) is 1. The lowest BCUT2D eigenvalue weighted by atomic mass is 9.80. The first-order chi connectivity index (χ1) is 9.92. The van der Waals surface area contributed by atoms with Crippen molar-refractivity contribution >= 4 is 0 Å². The molecule has 1 saturated heterocycles. The van der Waals surface area contributed by atoms with Crippen molar-refractivity contribution < 1.29 is 0 Å². The molecule has 0 atom stereocenters. The molecule has 0 aromatic rings. The zero-order chi connectivity index (χ0) is 15.9. The van der Waals surface area contributed by atoms with Gasteiger partial charge < -0.3 is 10.2 Å². The van der Waals surface area contributed by atoms with E-state index in [0.29, 0.717) is 5.41 Å². The molecule has 1 aliphatic rings. The molecule has 0 saturated carbocycles. The number of piperidine rings is 1. The topological polar surface area (TPSA) is 15.3 Å². The number of rotatable bonds is 9. The molecule has 21 heavy (non-hydrogen) atoms. The highest BCUT2D eigenvalue weighted by atomic mass is 15.1. The molecule has 0 radical (unpaired) electrons. The van der Waals surface area contributed by atoms with E-state index in [4.69, 9.17) is 0 Å². The maximum Gasteiger partial charge on any atom is 0.00499 e. The van der Waals surface area contributed by atoms with Gasteiger partial charge in [-0.2, -0.15) is 0 Å². The van der Waals surface area contributed by atoms with Gasteiger partial charge in [0.1, 0.15) is 0 Å². The third kappa shape index (κ3) is 6.28. The smallest absolute Gasteiger partial charge is 0.00499 e. The predicted octanol–water partition coefficient (Wildman–Crippen LogP) is 4.41. The fourth-order valence-corrected chi connectivity index (χ4v) is 3.66. The number of hydrogen-bond acceptors (Lipinski definition) is 2. The summed E-state index contributed by atoms with van der Waals surface area (Å²) in [6, 6.07) is 0. The average Bonchev–Trinajstić information content (AvgIpc) is 2.46. The Hall–Kier alpha value is -0.0800. The van der Waals surface area contributed by atoms with Crippen LogP contribution in [-0.4, -0.2) is 37.6 Å². The summed E-state index contributed by atoms with van der Waals surface area (Å²) in [6.45, 7) is 20.4. The first kappa shape index (κ1) is 19.0. The molecule has 1 fully saturated rings. The average molecular weight is 297 g/mol. The zero-order valence-electron chi connectivity index (χ0n) is 15.5. The molecule has 0 aromatic carbocycles. The highest BCUT2D eigenvalue weighted by Gasteiger charge is 2.31. The van der Waals surface area contributed by atoms with Gasteiger partial charge in [-0.25, -0.2) is 0 Å². The Kier molecular flexibility index (Phi) is 8.26. The standard InChI is InChI=1S/C19H40N2/c1-7-19(8-2,14-20-13-16(3)4)15-21-11-9-18(10-12-21)17(5)6/h16-18,20H,7-15H2,1-6H3. The summed E-state index contributed by atoms with van der Waals surface area (Å²) in [4.78, 5) is 2.74. The lowest BCUT2D eigenvalue weighted by molar-refractivity contribution is 0.0896. The fourth-order valence-electron chi connectivity index (χ4n) is 3.66. The lowest BCUT2D eigenvalue weighted by Crippen LogP contribution is -2.47. The summed E-state index contributed by atoms with van der Waals surface area (Å²) in [5.41, 5.74) is 0.472. The van der Waals surface area contributed by atoms with Crippen LogP contribution in [0.2, 0.25) is 0 Å². The second kappa shape index (κ2) is 9.15. The Bertz CT molecular complexity index is 261. The van der Waals surface area contributed by atoms with Crippen LogP contribution in [0, 0.1) is 23.2 Å². The molecule has 1 N–H and O–H groups in total. The molecule has 2 heteroatoms. The molecule has 0 unspecified atom stereocenters. The minimum absolute atomic E-state index is 0.472. The van der Waals surface area contributed by atoms with E-state index in [1.807, 2.05) is 0 Å². The van der Waals surface area contributed by atoms with E-state index in [1.54, 1.807) is 0 Å². The van der Waals surface area contributed by atoms with Crippen molar-refractivity contribution in [1.82, 2.24) is 10.2 Å². The molecule has 1 heterocycles. The second-order valence-corrected chi connectivity index (χ2v) is 8.09. The number of nitrogens with zero attached hydrogens (tertiary/aromatic N) is 1. The van der Waals surface area contributed by atoms with Gasteiger partial charge in [0, 0.05) is 13.1 Å². The Morgan fingerprint density at radius 2 is 1.62 bits per heavy atom. The predicted molar refractivity (Wildman–Crippen MR) is 94.7 cm³/mol. The molecule has 0 aromatic heterocycles. The van der Waals surface area contributed by atoms with E-state index in [1.165, 1.54) is 51.9 Å². The van der Waals surface area contributed by atoms with Gasteiger partial charge in [0.25, 0.3) is 0 Å². The molecule has 0 bridgehead atoms. The monoisotopic (exact) mass is 296 g/mol. The van der Waals surface area contributed by atoms with Crippen LogP contribution in [0.5, 0.6) is 0 Å². The Morgan fingerprint density at radius 3 is 2.05 bits per heavy atom. The van der Waals surface area contributed by atoms with Crippen LogP contribution in [0.25, 0.3) is 0 Å². The molecule has 2 nitrogen and oxygen atoms in total. The van der Waals surface area contributed by atoms with E-state index in [2.05, 4.69) is 51.8 Å². The molecule has 1 aliphatic heterocycles. The van der Waals surface area contributed by atoms with E-state index in [0.717, 1.165) is 24.3 Å². The first-order valence-electron chi connectivity index (χ1n) is 9.35. The minimum atomic E-state index is 0.472. The fraction of sp³-hybridized carbons (Fsp3) is 1.00. The van der Waals surface area contributed by atoms with Gasteiger partial charge in [-0.05, 0) is 68.5 Å².